The van der Waals surface area contributed by atoms with Crippen LogP contribution >= 0.6 is 11.8 Å². The van der Waals surface area contributed by atoms with Gasteiger partial charge >= 0.3 is 5.97 Å². The van der Waals surface area contributed by atoms with Gasteiger partial charge in [0.25, 0.3) is 0 Å². The number of hydrogen-bond donors (Lipinski definition) is 1. The molecule has 0 aliphatic heterocycles. The SMILES string of the molecule is CC.CN.COC(=O)C1=C(CSc2ccccc2)CCC1. The van der Waals surface area contributed by atoms with Crippen molar-refractivity contribution in [3.05, 3.63) is 41.5 Å². The minimum atomic E-state index is -0.147. The number of hydrogen-bond acceptors (Lipinski definition) is 4. The molecular formula is C17H27NO2S. The molecule has 0 amide bonds. The van der Waals surface area contributed by atoms with Gasteiger partial charge in [-0.2, -0.15) is 0 Å². The van der Waals surface area contributed by atoms with E-state index < -0.39 is 0 Å². The summed E-state index contributed by atoms with van der Waals surface area (Å²) in [4.78, 5) is 12.8. The number of carbonyl (C=O) groups excluding carboxylic acids is 1. The summed E-state index contributed by atoms with van der Waals surface area (Å²) in [6.07, 6.45) is 2.98. The third-order valence-electron chi connectivity index (χ3n) is 2.92. The summed E-state index contributed by atoms with van der Waals surface area (Å²) in [6, 6.07) is 10.3. The topological polar surface area (TPSA) is 52.3 Å². The molecule has 1 aromatic carbocycles. The molecule has 118 valence electrons. The van der Waals surface area contributed by atoms with Gasteiger partial charge in [0.15, 0.2) is 0 Å². The third-order valence-corrected chi connectivity index (χ3v) is 4.02. The third kappa shape index (κ3) is 6.82. The van der Waals surface area contributed by atoms with Gasteiger partial charge in [-0.3, -0.25) is 0 Å². The molecule has 0 spiro atoms. The molecule has 1 aromatic rings. The molecule has 1 aliphatic rings. The average molecular weight is 309 g/mol. The van der Waals surface area contributed by atoms with Gasteiger partial charge in [-0.25, -0.2) is 4.79 Å². The normalized spacial score (nSPS) is 12.8. The fourth-order valence-corrected chi connectivity index (χ4v) is 3.03. The summed E-state index contributed by atoms with van der Waals surface area (Å²) in [6.45, 7) is 4.00. The van der Waals surface area contributed by atoms with Crippen LogP contribution in [0.2, 0.25) is 0 Å². The molecule has 1 aliphatic carbocycles. The number of benzene rings is 1. The van der Waals surface area contributed by atoms with Crippen molar-refractivity contribution in [1.29, 1.82) is 0 Å². The van der Waals surface area contributed by atoms with Crippen molar-refractivity contribution in [2.24, 2.45) is 5.73 Å². The van der Waals surface area contributed by atoms with Gasteiger partial charge < -0.3 is 10.5 Å². The van der Waals surface area contributed by atoms with Crippen molar-refractivity contribution < 1.29 is 9.53 Å². The molecule has 0 bridgehead atoms. The molecule has 0 fully saturated rings. The molecule has 0 unspecified atom stereocenters. The molecule has 0 saturated carbocycles. The molecular weight excluding hydrogens is 282 g/mol. The van der Waals surface area contributed by atoms with E-state index in [9.17, 15) is 4.79 Å². The zero-order valence-corrected chi connectivity index (χ0v) is 14.3. The Morgan fingerprint density at radius 3 is 2.38 bits per heavy atom. The van der Waals surface area contributed by atoms with Crippen molar-refractivity contribution in [2.45, 2.75) is 38.0 Å². The standard InChI is InChI=1S/C14H16O2S.C2H6.CH5N/c1-16-14(15)13-9-5-6-11(13)10-17-12-7-3-2-4-8-12;2*1-2/h2-4,7-8H,5-6,9-10H2,1H3;1-2H3;2H2,1H3. The minimum Gasteiger partial charge on any atom is -0.466 e. The molecule has 0 radical (unpaired) electrons. The second-order valence-electron chi connectivity index (χ2n) is 4.03. The van der Waals surface area contributed by atoms with Crippen LogP contribution in [-0.2, 0) is 9.53 Å². The van der Waals surface area contributed by atoms with Crippen LogP contribution in [0.4, 0.5) is 0 Å². The van der Waals surface area contributed by atoms with Gasteiger partial charge in [0, 0.05) is 16.2 Å². The van der Waals surface area contributed by atoms with E-state index in [0.717, 1.165) is 30.6 Å². The van der Waals surface area contributed by atoms with Crippen molar-refractivity contribution in [1.82, 2.24) is 0 Å². The van der Waals surface area contributed by atoms with Crippen LogP contribution in [0.15, 0.2) is 46.4 Å². The maximum Gasteiger partial charge on any atom is 0.333 e. The quantitative estimate of drug-likeness (QED) is 0.674. The van der Waals surface area contributed by atoms with E-state index in [1.165, 1.54) is 24.6 Å². The Labute approximate surface area is 133 Å². The van der Waals surface area contributed by atoms with Crippen LogP contribution in [0.5, 0.6) is 0 Å². The average Bonchev–Trinajstić information content (AvgIpc) is 3.05. The van der Waals surface area contributed by atoms with Gasteiger partial charge in [0.2, 0.25) is 0 Å². The number of esters is 1. The minimum absolute atomic E-state index is 0.147. The van der Waals surface area contributed by atoms with Crippen LogP contribution in [0, 0.1) is 0 Å². The first-order chi connectivity index (χ1) is 10.3. The molecule has 0 heterocycles. The lowest BCUT2D eigenvalue weighted by molar-refractivity contribution is -0.136. The second kappa shape index (κ2) is 12.5. The van der Waals surface area contributed by atoms with Crippen molar-refractivity contribution >= 4 is 17.7 Å². The Kier molecular flexibility index (Phi) is 11.7. The van der Waals surface area contributed by atoms with Gasteiger partial charge in [-0.05, 0) is 44.0 Å². The molecule has 2 N–H and O–H groups in total. The van der Waals surface area contributed by atoms with E-state index in [-0.39, 0.29) is 5.97 Å². The molecule has 2 rings (SSSR count). The molecule has 0 saturated heterocycles. The largest absolute Gasteiger partial charge is 0.466 e. The van der Waals surface area contributed by atoms with E-state index in [0.29, 0.717) is 0 Å². The fraction of sp³-hybridized carbons (Fsp3) is 0.471. The molecule has 3 nitrogen and oxygen atoms in total. The fourth-order valence-electron chi connectivity index (χ4n) is 2.02. The highest BCUT2D eigenvalue weighted by atomic mass is 32.2. The Bertz CT molecular complexity index is 430. The zero-order valence-electron chi connectivity index (χ0n) is 13.5. The highest BCUT2D eigenvalue weighted by Gasteiger charge is 2.21. The van der Waals surface area contributed by atoms with Crippen molar-refractivity contribution in [2.75, 3.05) is 19.9 Å². The molecule has 21 heavy (non-hydrogen) atoms. The maximum absolute atomic E-state index is 11.5. The lowest BCUT2D eigenvalue weighted by Gasteiger charge is -2.05. The highest BCUT2D eigenvalue weighted by molar-refractivity contribution is 7.99. The van der Waals surface area contributed by atoms with Crippen molar-refractivity contribution in [3.8, 4) is 0 Å². The predicted octanol–water partition coefficient (Wildman–Crippen LogP) is 4.03. The zero-order chi connectivity index (χ0) is 16.1. The smallest absolute Gasteiger partial charge is 0.333 e. The van der Waals surface area contributed by atoms with Gasteiger partial charge in [-0.1, -0.05) is 32.0 Å². The first-order valence-electron chi connectivity index (χ1n) is 7.36. The number of nitrogens with two attached hydrogens (primary N) is 1. The number of methoxy groups -OCH3 is 1. The number of ether oxygens (including phenoxy) is 1. The van der Waals surface area contributed by atoms with Gasteiger partial charge in [-0.15, -0.1) is 11.8 Å². The first-order valence-corrected chi connectivity index (χ1v) is 8.34. The summed E-state index contributed by atoms with van der Waals surface area (Å²) in [7, 11) is 2.95. The first kappa shape index (κ1) is 19.7. The number of carbonyl (C=O) groups is 1. The van der Waals surface area contributed by atoms with Crippen molar-refractivity contribution in [3.63, 3.8) is 0 Å². The van der Waals surface area contributed by atoms with Crippen LogP contribution in [0.25, 0.3) is 0 Å². The highest BCUT2D eigenvalue weighted by Crippen LogP contribution is 2.31. The predicted molar refractivity (Wildman–Crippen MR) is 91.5 cm³/mol. The van der Waals surface area contributed by atoms with Crippen LogP contribution < -0.4 is 5.73 Å². The van der Waals surface area contributed by atoms with E-state index in [4.69, 9.17) is 4.74 Å². The van der Waals surface area contributed by atoms with E-state index in [2.05, 4.69) is 17.9 Å². The monoisotopic (exact) mass is 309 g/mol. The van der Waals surface area contributed by atoms with Gasteiger partial charge in [0.1, 0.15) is 0 Å². The summed E-state index contributed by atoms with van der Waals surface area (Å²) in [5.74, 6) is 0.750. The summed E-state index contributed by atoms with van der Waals surface area (Å²) < 4.78 is 4.81. The van der Waals surface area contributed by atoms with E-state index in [1.54, 1.807) is 11.8 Å². The second-order valence-corrected chi connectivity index (χ2v) is 5.08. The summed E-state index contributed by atoms with van der Waals surface area (Å²) >= 11 is 1.78. The molecule has 0 atom stereocenters. The Hall–Kier alpha value is -1.26. The lowest BCUT2D eigenvalue weighted by atomic mass is 10.2. The van der Waals surface area contributed by atoms with E-state index >= 15 is 0 Å². The maximum atomic E-state index is 11.5. The molecule has 0 aromatic heterocycles. The van der Waals surface area contributed by atoms with Crippen LogP contribution in [0.3, 0.4) is 0 Å². The van der Waals surface area contributed by atoms with Gasteiger partial charge in [0.05, 0.1) is 7.11 Å². The molecule has 4 heteroatoms. The number of rotatable bonds is 4. The Morgan fingerprint density at radius 1 is 1.19 bits per heavy atom. The van der Waals surface area contributed by atoms with E-state index in [1.807, 2.05) is 32.0 Å². The summed E-state index contributed by atoms with van der Waals surface area (Å²) in [5.41, 5.74) is 6.65. The lowest BCUT2D eigenvalue weighted by Crippen LogP contribution is -2.05. The van der Waals surface area contributed by atoms with Crippen LogP contribution in [0.1, 0.15) is 33.1 Å². The Morgan fingerprint density at radius 2 is 1.81 bits per heavy atom. The Balaban J connectivity index is 0.000000921. The number of thioether (sulfide) groups is 1. The summed E-state index contributed by atoms with van der Waals surface area (Å²) in [5, 5.41) is 0. The van der Waals surface area contributed by atoms with Crippen LogP contribution in [-0.4, -0.2) is 25.9 Å².